The molecule has 1 atom stereocenters. The molecule has 0 bridgehead atoms. The Labute approximate surface area is 103 Å². The highest BCUT2D eigenvalue weighted by molar-refractivity contribution is 7.93. The van der Waals surface area contributed by atoms with Crippen molar-refractivity contribution in [2.45, 2.75) is 56.7 Å². The fraction of sp³-hybridized carbons (Fsp3) is 0.900. The van der Waals surface area contributed by atoms with E-state index in [4.69, 9.17) is 18.0 Å². The molecule has 1 aliphatic rings. The van der Waals surface area contributed by atoms with Crippen molar-refractivity contribution in [3.63, 3.8) is 0 Å². The van der Waals surface area contributed by atoms with Crippen LogP contribution in [0.4, 0.5) is 0 Å². The molecule has 0 amide bonds. The SMILES string of the molecule is CC(C(N)=S)S(=O)(=O)NC1CCCCCC1. The third kappa shape index (κ3) is 3.99. The van der Waals surface area contributed by atoms with Crippen molar-refractivity contribution < 1.29 is 8.42 Å². The Morgan fingerprint density at radius 2 is 1.81 bits per heavy atom. The summed E-state index contributed by atoms with van der Waals surface area (Å²) >= 11 is 4.72. The summed E-state index contributed by atoms with van der Waals surface area (Å²) in [6, 6.07) is 0.0595. The Morgan fingerprint density at radius 3 is 2.25 bits per heavy atom. The lowest BCUT2D eigenvalue weighted by Gasteiger charge is -2.19. The Balaban J connectivity index is 2.60. The van der Waals surface area contributed by atoms with Gasteiger partial charge in [0.25, 0.3) is 0 Å². The van der Waals surface area contributed by atoms with E-state index in [1.54, 1.807) is 0 Å². The van der Waals surface area contributed by atoms with E-state index in [9.17, 15) is 8.42 Å². The largest absolute Gasteiger partial charge is 0.392 e. The highest BCUT2D eigenvalue weighted by Crippen LogP contribution is 2.18. The highest BCUT2D eigenvalue weighted by Gasteiger charge is 2.26. The van der Waals surface area contributed by atoms with Crippen LogP contribution in [0.5, 0.6) is 0 Å². The molecular formula is C10H20N2O2S2. The van der Waals surface area contributed by atoms with Gasteiger partial charge in [-0.3, -0.25) is 0 Å². The molecule has 1 rings (SSSR count). The lowest BCUT2D eigenvalue weighted by atomic mass is 10.1. The summed E-state index contributed by atoms with van der Waals surface area (Å²) in [4.78, 5) is 0.0288. The minimum absolute atomic E-state index is 0.0288. The molecular weight excluding hydrogens is 244 g/mol. The van der Waals surface area contributed by atoms with Crippen molar-refractivity contribution in [3.05, 3.63) is 0 Å². The Kier molecular flexibility index (Phi) is 5.14. The van der Waals surface area contributed by atoms with Crippen LogP contribution in [0.3, 0.4) is 0 Å². The summed E-state index contributed by atoms with van der Waals surface area (Å²) in [5, 5.41) is -0.786. The molecule has 94 valence electrons. The molecule has 0 saturated heterocycles. The number of thiocarbonyl (C=S) groups is 1. The summed E-state index contributed by atoms with van der Waals surface area (Å²) < 4.78 is 26.5. The van der Waals surface area contributed by atoms with E-state index in [0.29, 0.717) is 0 Å². The zero-order chi connectivity index (χ0) is 12.2. The Hall–Kier alpha value is -0.200. The zero-order valence-electron chi connectivity index (χ0n) is 9.61. The van der Waals surface area contributed by atoms with Gasteiger partial charge in [-0.2, -0.15) is 0 Å². The van der Waals surface area contributed by atoms with Crippen molar-refractivity contribution in [2.24, 2.45) is 5.73 Å². The van der Waals surface area contributed by atoms with Crippen LogP contribution in [-0.2, 0) is 10.0 Å². The molecule has 0 spiro atoms. The molecule has 6 heteroatoms. The standard InChI is InChI=1S/C10H20N2O2S2/c1-8(10(11)15)16(13,14)12-9-6-4-2-3-5-7-9/h8-9,12H,2-7H2,1H3,(H2,11,15). The second-order valence-electron chi connectivity index (χ2n) is 4.40. The van der Waals surface area contributed by atoms with Gasteiger partial charge in [0.05, 0.1) is 4.99 Å². The van der Waals surface area contributed by atoms with Gasteiger partial charge in [-0.15, -0.1) is 0 Å². The quantitative estimate of drug-likeness (QED) is 0.593. The summed E-state index contributed by atoms with van der Waals surface area (Å²) in [5.41, 5.74) is 5.37. The molecule has 0 aliphatic heterocycles. The van der Waals surface area contributed by atoms with E-state index < -0.39 is 15.3 Å². The van der Waals surface area contributed by atoms with Gasteiger partial charge in [-0.25, -0.2) is 13.1 Å². The first-order chi connectivity index (χ1) is 7.43. The maximum atomic E-state index is 11.9. The molecule has 16 heavy (non-hydrogen) atoms. The Bertz CT molecular complexity index is 333. The average Bonchev–Trinajstić information content (AvgIpc) is 2.44. The van der Waals surface area contributed by atoms with Gasteiger partial charge in [-0.05, 0) is 19.8 Å². The maximum absolute atomic E-state index is 11.9. The van der Waals surface area contributed by atoms with Gasteiger partial charge in [-0.1, -0.05) is 37.9 Å². The number of nitrogens with two attached hydrogens (primary N) is 1. The van der Waals surface area contributed by atoms with Crippen molar-refractivity contribution >= 4 is 27.2 Å². The van der Waals surface area contributed by atoms with Crippen molar-refractivity contribution in [3.8, 4) is 0 Å². The second kappa shape index (κ2) is 5.93. The Morgan fingerprint density at radius 1 is 1.31 bits per heavy atom. The smallest absolute Gasteiger partial charge is 0.220 e. The number of hydrogen-bond donors (Lipinski definition) is 2. The first-order valence-corrected chi connectivity index (χ1v) is 7.69. The van der Waals surface area contributed by atoms with Crippen LogP contribution < -0.4 is 10.5 Å². The zero-order valence-corrected chi connectivity index (χ0v) is 11.2. The number of rotatable bonds is 4. The van der Waals surface area contributed by atoms with E-state index in [1.165, 1.54) is 19.8 Å². The lowest BCUT2D eigenvalue weighted by molar-refractivity contribution is 0.508. The fourth-order valence-corrected chi connectivity index (χ4v) is 3.47. The van der Waals surface area contributed by atoms with E-state index in [0.717, 1.165) is 25.7 Å². The van der Waals surface area contributed by atoms with Crippen LogP contribution in [0.25, 0.3) is 0 Å². The topological polar surface area (TPSA) is 72.2 Å². The van der Waals surface area contributed by atoms with Crippen LogP contribution in [0, 0.1) is 0 Å². The van der Waals surface area contributed by atoms with Gasteiger partial charge >= 0.3 is 0 Å². The molecule has 1 aliphatic carbocycles. The van der Waals surface area contributed by atoms with Crippen LogP contribution in [0.2, 0.25) is 0 Å². The van der Waals surface area contributed by atoms with E-state index in [1.807, 2.05) is 0 Å². The highest BCUT2D eigenvalue weighted by atomic mass is 32.2. The minimum atomic E-state index is -3.39. The van der Waals surface area contributed by atoms with Crippen molar-refractivity contribution in [1.29, 1.82) is 0 Å². The number of hydrogen-bond acceptors (Lipinski definition) is 3. The average molecular weight is 264 g/mol. The summed E-state index contributed by atoms with van der Waals surface area (Å²) in [6.07, 6.45) is 6.42. The normalized spacial score (nSPS) is 21.3. The first-order valence-electron chi connectivity index (χ1n) is 5.74. The molecule has 1 fully saturated rings. The van der Waals surface area contributed by atoms with Gasteiger partial charge in [0.1, 0.15) is 5.25 Å². The van der Waals surface area contributed by atoms with Gasteiger partial charge in [0.2, 0.25) is 10.0 Å². The van der Waals surface area contributed by atoms with Crippen LogP contribution >= 0.6 is 12.2 Å². The molecule has 3 N–H and O–H groups in total. The van der Waals surface area contributed by atoms with E-state index >= 15 is 0 Å². The fourth-order valence-electron chi connectivity index (χ4n) is 1.88. The summed E-state index contributed by atoms with van der Waals surface area (Å²) in [5.74, 6) is 0. The monoisotopic (exact) mass is 264 g/mol. The van der Waals surface area contributed by atoms with Crippen molar-refractivity contribution in [2.75, 3.05) is 0 Å². The van der Waals surface area contributed by atoms with Gasteiger partial charge in [0, 0.05) is 6.04 Å². The summed E-state index contributed by atoms with van der Waals surface area (Å²) in [7, 11) is -3.39. The van der Waals surface area contributed by atoms with Crippen LogP contribution in [-0.4, -0.2) is 24.7 Å². The van der Waals surface area contributed by atoms with Gasteiger partial charge in [0.15, 0.2) is 0 Å². The molecule has 1 saturated carbocycles. The second-order valence-corrected chi connectivity index (χ2v) is 6.90. The molecule has 0 aromatic heterocycles. The lowest BCUT2D eigenvalue weighted by Crippen LogP contribution is -2.44. The van der Waals surface area contributed by atoms with E-state index in [-0.39, 0.29) is 11.0 Å². The third-order valence-corrected chi connectivity index (χ3v) is 5.40. The molecule has 4 nitrogen and oxygen atoms in total. The van der Waals surface area contributed by atoms with Crippen LogP contribution in [0.15, 0.2) is 0 Å². The van der Waals surface area contributed by atoms with Gasteiger partial charge < -0.3 is 5.73 Å². The maximum Gasteiger partial charge on any atom is 0.220 e. The van der Waals surface area contributed by atoms with Crippen molar-refractivity contribution in [1.82, 2.24) is 4.72 Å². The third-order valence-electron chi connectivity index (χ3n) is 3.05. The van der Waals surface area contributed by atoms with E-state index in [2.05, 4.69) is 4.72 Å². The minimum Gasteiger partial charge on any atom is -0.392 e. The molecule has 0 aromatic carbocycles. The van der Waals surface area contributed by atoms with Crippen LogP contribution in [0.1, 0.15) is 45.4 Å². The number of nitrogens with one attached hydrogen (secondary N) is 1. The molecule has 0 aromatic rings. The molecule has 1 unspecified atom stereocenters. The summed E-state index contributed by atoms with van der Waals surface area (Å²) in [6.45, 7) is 1.53. The predicted molar refractivity (Wildman–Crippen MR) is 69.8 cm³/mol. The molecule has 0 radical (unpaired) electrons. The molecule has 0 heterocycles. The number of sulfonamides is 1. The first kappa shape index (κ1) is 13.9. The predicted octanol–water partition coefficient (Wildman–Crippen LogP) is 1.30.